The number of nitrogens with zero attached hydrogens (tertiary/aromatic N) is 1. The van der Waals surface area contributed by atoms with Crippen LogP contribution in [0.1, 0.15) is 13.3 Å². The van der Waals surface area contributed by atoms with E-state index in [1.165, 1.54) is 0 Å². The molecule has 0 spiro atoms. The molecule has 0 bridgehead atoms. The van der Waals surface area contributed by atoms with Crippen molar-refractivity contribution in [2.24, 2.45) is 0 Å². The van der Waals surface area contributed by atoms with Crippen molar-refractivity contribution >= 4 is 32.8 Å². The summed E-state index contributed by atoms with van der Waals surface area (Å²) in [5.74, 6) is 0.612. The van der Waals surface area contributed by atoms with Gasteiger partial charge in [0.15, 0.2) is 5.75 Å². The van der Waals surface area contributed by atoms with Crippen LogP contribution in [0, 0.1) is 0 Å². The average Bonchev–Trinajstić information content (AvgIpc) is 2.41. The molecule has 4 nitrogen and oxygen atoms in total. The van der Waals surface area contributed by atoms with Crippen molar-refractivity contribution in [1.29, 1.82) is 0 Å². The molecule has 1 heterocycles. The van der Waals surface area contributed by atoms with Crippen LogP contribution in [-0.4, -0.2) is 18.1 Å². The van der Waals surface area contributed by atoms with Crippen LogP contribution >= 0.6 is 15.9 Å². The average molecular weight is 310 g/mol. The molecule has 0 unspecified atom stereocenters. The molecule has 1 aromatic carbocycles. The van der Waals surface area contributed by atoms with Crippen LogP contribution in [0.15, 0.2) is 28.7 Å². The molecule has 0 saturated heterocycles. The largest absolute Gasteiger partial charge is 0.481 e. The number of ether oxygens (including phenoxy) is 2. The number of hydrogen-bond acceptors (Lipinski definition) is 4. The molecular formula is C13H12BrNO3. The van der Waals surface area contributed by atoms with E-state index in [2.05, 4.69) is 20.9 Å². The molecule has 5 heteroatoms. The van der Waals surface area contributed by atoms with E-state index >= 15 is 0 Å². The topological polar surface area (TPSA) is 48.4 Å². The number of carbonyl (C=O) groups is 1. The van der Waals surface area contributed by atoms with Gasteiger partial charge in [-0.05, 0) is 28.1 Å². The number of fused-ring (bicyclic) bond motifs is 1. The fraction of sp³-hybridized carbons (Fsp3) is 0.231. The third-order valence-electron chi connectivity index (χ3n) is 2.46. The van der Waals surface area contributed by atoms with E-state index in [1.54, 1.807) is 20.1 Å². The fourth-order valence-electron chi connectivity index (χ4n) is 1.52. The van der Waals surface area contributed by atoms with Gasteiger partial charge < -0.3 is 9.47 Å². The molecule has 0 N–H and O–H groups in total. The standard InChI is InChI=1S/C13H12BrNO3/c1-3-11(16)18-13-9(14)6-4-8-5-7-10(17-2)15-12(8)13/h4-7H,3H2,1-2H3. The van der Waals surface area contributed by atoms with Crippen molar-refractivity contribution in [3.05, 3.63) is 28.7 Å². The highest BCUT2D eigenvalue weighted by Crippen LogP contribution is 2.33. The van der Waals surface area contributed by atoms with E-state index in [0.717, 1.165) is 5.39 Å². The van der Waals surface area contributed by atoms with Gasteiger partial charge in [0.25, 0.3) is 0 Å². The van der Waals surface area contributed by atoms with E-state index in [-0.39, 0.29) is 5.97 Å². The Balaban J connectivity index is 2.60. The number of hydrogen-bond donors (Lipinski definition) is 0. The first-order chi connectivity index (χ1) is 8.65. The smallest absolute Gasteiger partial charge is 0.311 e. The molecule has 0 radical (unpaired) electrons. The van der Waals surface area contributed by atoms with Gasteiger partial charge >= 0.3 is 5.97 Å². The minimum atomic E-state index is -0.298. The molecule has 0 amide bonds. The summed E-state index contributed by atoms with van der Waals surface area (Å²) in [7, 11) is 1.55. The zero-order valence-electron chi connectivity index (χ0n) is 10.1. The van der Waals surface area contributed by atoms with Crippen molar-refractivity contribution < 1.29 is 14.3 Å². The molecule has 2 aromatic rings. The van der Waals surface area contributed by atoms with E-state index in [9.17, 15) is 4.79 Å². The van der Waals surface area contributed by atoms with E-state index in [1.807, 2.05) is 18.2 Å². The Kier molecular flexibility index (Phi) is 3.81. The van der Waals surface area contributed by atoms with Crippen LogP contribution in [0.4, 0.5) is 0 Å². The summed E-state index contributed by atoms with van der Waals surface area (Å²) in [6.07, 6.45) is 0.312. The predicted molar refractivity (Wildman–Crippen MR) is 71.9 cm³/mol. The highest BCUT2D eigenvalue weighted by molar-refractivity contribution is 9.10. The number of rotatable bonds is 3. The van der Waals surface area contributed by atoms with Gasteiger partial charge in [-0.2, -0.15) is 0 Å². The Morgan fingerprint density at radius 2 is 2.06 bits per heavy atom. The van der Waals surface area contributed by atoms with Gasteiger partial charge in [0.2, 0.25) is 5.88 Å². The van der Waals surface area contributed by atoms with Crippen LogP contribution in [0.25, 0.3) is 10.9 Å². The summed E-state index contributed by atoms with van der Waals surface area (Å²) in [5, 5.41) is 0.887. The van der Waals surface area contributed by atoms with Gasteiger partial charge in [0.1, 0.15) is 5.52 Å². The number of carbonyl (C=O) groups excluding carboxylic acids is 1. The number of methoxy groups -OCH3 is 1. The summed E-state index contributed by atoms with van der Waals surface area (Å²) in [6.45, 7) is 1.75. The summed E-state index contributed by atoms with van der Waals surface area (Å²) >= 11 is 3.36. The van der Waals surface area contributed by atoms with Gasteiger partial charge in [-0.15, -0.1) is 0 Å². The van der Waals surface area contributed by atoms with Crippen molar-refractivity contribution in [1.82, 2.24) is 4.98 Å². The maximum atomic E-state index is 11.4. The number of esters is 1. The summed E-state index contributed by atoms with van der Waals surface area (Å²) in [5.41, 5.74) is 0.602. The molecule has 0 aliphatic carbocycles. The zero-order valence-corrected chi connectivity index (χ0v) is 11.7. The second-order valence-corrected chi connectivity index (χ2v) is 4.48. The third-order valence-corrected chi connectivity index (χ3v) is 3.08. The lowest BCUT2D eigenvalue weighted by atomic mass is 10.2. The second kappa shape index (κ2) is 5.35. The lowest BCUT2D eigenvalue weighted by Crippen LogP contribution is -2.07. The highest BCUT2D eigenvalue weighted by atomic mass is 79.9. The number of halogens is 1. The molecule has 18 heavy (non-hydrogen) atoms. The molecule has 0 saturated carbocycles. The Morgan fingerprint density at radius 1 is 1.33 bits per heavy atom. The zero-order chi connectivity index (χ0) is 13.1. The third kappa shape index (κ3) is 2.46. The van der Waals surface area contributed by atoms with Crippen molar-refractivity contribution in [3.8, 4) is 11.6 Å². The maximum absolute atomic E-state index is 11.4. The Bertz CT molecular complexity index is 598. The highest BCUT2D eigenvalue weighted by Gasteiger charge is 2.13. The summed E-state index contributed by atoms with van der Waals surface area (Å²) in [6, 6.07) is 7.36. The molecule has 0 aliphatic rings. The van der Waals surface area contributed by atoms with Crippen LogP contribution in [0.2, 0.25) is 0 Å². The summed E-state index contributed by atoms with van der Waals surface area (Å²) in [4.78, 5) is 15.7. The first-order valence-electron chi connectivity index (χ1n) is 5.49. The maximum Gasteiger partial charge on any atom is 0.311 e. The molecule has 94 valence electrons. The van der Waals surface area contributed by atoms with Crippen molar-refractivity contribution in [3.63, 3.8) is 0 Å². The number of aromatic nitrogens is 1. The minimum absolute atomic E-state index is 0.298. The molecule has 2 rings (SSSR count). The second-order valence-electron chi connectivity index (χ2n) is 3.63. The van der Waals surface area contributed by atoms with Gasteiger partial charge in [-0.3, -0.25) is 4.79 Å². The van der Waals surface area contributed by atoms with Crippen LogP contribution in [0.3, 0.4) is 0 Å². The molecule has 0 atom stereocenters. The SMILES string of the molecule is CCC(=O)Oc1c(Br)ccc2ccc(OC)nc12. The van der Waals surface area contributed by atoms with Crippen molar-refractivity contribution in [2.75, 3.05) is 7.11 Å². The monoisotopic (exact) mass is 309 g/mol. The first kappa shape index (κ1) is 12.8. The number of pyridine rings is 1. The van der Waals surface area contributed by atoms with Gasteiger partial charge in [-0.1, -0.05) is 13.0 Å². The molecule has 1 aromatic heterocycles. The van der Waals surface area contributed by atoms with E-state index < -0.39 is 0 Å². The fourth-order valence-corrected chi connectivity index (χ4v) is 1.92. The quantitative estimate of drug-likeness (QED) is 0.644. The van der Waals surface area contributed by atoms with Gasteiger partial charge in [-0.25, -0.2) is 4.98 Å². The minimum Gasteiger partial charge on any atom is -0.481 e. The Labute approximate surface area is 113 Å². The lowest BCUT2D eigenvalue weighted by Gasteiger charge is -2.09. The van der Waals surface area contributed by atoms with E-state index in [0.29, 0.717) is 28.0 Å². The van der Waals surface area contributed by atoms with Gasteiger partial charge in [0, 0.05) is 17.9 Å². The Hall–Kier alpha value is -1.62. The molecule has 0 aliphatic heterocycles. The predicted octanol–water partition coefficient (Wildman–Crippen LogP) is 3.32. The molecule has 0 fully saturated rings. The van der Waals surface area contributed by atoms with Gasteiger partial charge in [0.05, 0.1) is 11.6 Å². The lowest BCUT2D eigenvalue weighted by molar-refractivity contribution is -0.133. The summed E-state index contributed by atoms with van der Waals surface area (Å²) < 4.78 is 11.1. The number of benzene rings is 1. The Morgan fingerprint density at radius 3 is 2.72 bits per heavy atom. The first-order valence-corrected chi connectivity index (χ1v) is 6.29. The van der Waals surface area contributed by atoms with E-state index in [4.69, 9.17) is 9.47 Å². The van der Waals surface area contributed by atoms with Crippen LogP contribution < -0.4 is 9.47 Å². The van der Waals surface area contributed by atoms with Crippen LogP contribution in [-0.2, 0) is 4.79 Å². The van der Waals surface area contributed by atoms with Crippen LogP contribution in [0.5, 0.6) is 11.6 Å². The normalized spacial score (nSPS) is 10.4. The van der Waals surface area contributed by atoms with Crippen molar-refractivity contribution in [2.45, 2.75) is 13.3 Å². The molecular weight excluding hydrogens is 298 g/mol.